The molecular weight excluding hydrogens is 353 g/mol. The van der Waals surface area contributed by atoms with Crippen LogP contribution in [0.15, 0.2) is 48.5 Å². The van der Waals surface area contributed by atoms with Crippen LogP contribution < -0.4 is 14.7 Å². The monoisotopic (exact) mass is 377 g/mol. The molecule has 2 aliphatic heterocycles. The second kappa shape index (κ2) is 7.26. The van der Waals surface area contributed by atoms with Gasteiger partial charge in [0.15, 0.2) is 0 Å². The fraction of sp³-hybridized carbons (Fsp3) is 0.364. The minimum atomic E-state index is -0.158. The third-order valence-electron chi connectivity index (χ3n) is 5.73. The van der Waals surface area contributed by atoms with Crippen molar-refractivity contribution in [1.82, 2.24) is 9.97 Å². The molecule has 5 rings (SSSR count). The zero-order valence-electron chi connectivity index (χ0n) is 15.9. The number of rotatable bonds is 3. The maximum absolute atomic E-state index is 14.1. The van der Waals surface area contributed by atoms with Crippen LogP contribution in [0.25, 0.3) is 10.9 Å². The zero-order chi connectivity index (χ0) is 18.9. The molecule has 6 heteroatoms. The summed E-state index contributed by atoms with van der Waals surface area (Å²) in [6.45, 7) is 5.20. The highest BCUT2D eigenvalue weighted by atomic mass is 19.1. The van der Waals surface area contributed by atoms with E-state index in [-0.39, 0.29) is 5.82 Å². The lowest BCUT2D eigenvalue weighted by Crippen LogP contribution is -2.47. The molecule has 144 valence electrons. The van der Waals surface area contributed by atoms with Crippen LogP contribution in [0.1, 0.15) is 12.8 Å². The van der Waals surface area contributed by atoms with Gasteiger partial charge in [0.05, 0.1) is 11.2 Å². The first-order valence-corrected chi connectivity index (χ1v) is 10.1. The minimum Gasteiger partial charge on any atom is -0.366 e. The van der Waals surface area contributed by atoms with Gasteiger partial charge in [0.2, 0.25) is 5.95 Å². The fourth-order valence-electron chi connectivity index (χ4n) is 4.21. The van der Waals surface area contributed by atoms with Gasteiger partial charge in [0.1, 0.15) is 11.6 Å². The van der Waals surface area contributed by atoms with E-state index < -0.39 is 0 Å². The van der Waals surface area contributed by atoms with Gasteiger partial charge in [-0.3, -0.25) is 0 Å². The summed E-state index contributed by atoms with van der Waals surface area (Å²) in [6.07, 6.45) is 2.43. The molecule has 0 N–H and O–H groups in total. The zero-order valence-corrected chi connectivity index (χ0v) is 15.9. The number of para-hydroxylation sites is 2. The molecule has 2 aromatic carbocycles. The Hall–Kier alpha value is -2.89. The quantitative estimate of drug-likeness (QED) is 0.696. The van der Waals surface area contributed by atoms with E-state index in [4.69, 9.17) is 9.97 Å². The van der Waals surface area contributed by atoms with E-state index in [1.54, 1.807) is 6.07 Å². The summed E-state index contributed by atoms with van der Waals surface area (Å²) in [5, 5.41) is 1.12. The largest absolute Gasteiger partial charge is 0.366 e. The van der Waals surface area contributed by atoms with E-state index in [0.29, 0.717) is 5.69 Å². The molecule has 1 aromatic heterocycles. The average molecular weight is 377 g/mol. The number of anilines is 3. The second-order valence-corrected chi connectivity index (χ2v) is 7.48. The number of benzene rings is 2. The first-order valence-electron chi connectivity index (χ1n) is 10.1. The number of fused-ring (bicyclic) bond motifs is 1. The molecule has 0 unspecified atom stereocenters. The topological polar surface area (TPSA) is 35.5 Å². The molecule has 2 fully saturated rings. The van der Waals surface area contributed by atoms with E-state index in [1.807, 2.05) is 18.2 Å². The Bertz CT molecular complexity index is 978. The van der Waals surface area contributed by atoms with Crippen molar-refractivity contribution in [2.45, 2.75) is 12.8 Å². The Morgan fingerprint density at radius 3 is 2.14 bits per heavy atom. The van der Waals surface area contributed by atoms with Crippen LogP contribution in [0.5, 0.6) is 0 Å². The Morgan fingerprint density at radius 2 is 1.36 bits per heavy atom. The van der Waals surface area contributed by atoms with Crippen molar-refractivity contribution in [3.8, 4) is 0 Å². The third kappa shape index (κ3) is 3.13. The van der Waals surface area contributed by atoms with Crippen LogP contribution >= 0.6 is 0 Å². The number of hydrogen-bond donors (Lipinski definition) is 0. The second-order valence-electron chi connectivity index (χ2n) is 7.48. The van der Waals surface area contributed by atoms with Gasteiger partial charge < -0.3 is 14.7 Å². The molecule has 3 aromatic rings. The molecule has 0 radical (unpaired) electrons. The van der Waals surface area contributed by atoms with Crippen LogP contribution in [0.4, 0.5) is 21.8 Å². The van der Waals surface area contributed by atoms with E-state index in [0.717, 1.165) is 61.9 Å². The molecule has 0 spiro atoms. The smallest absolute Gasteiger partial charge is 0.228 e. The summed E-state index contributed by atoms with van der Waals surface area (Å²) in [6, 6.07) is 15.3. The van der Waals surface area contributed by atoms with E-state index in [9.17, 15) is 4.39 Å². The Kier molecular flexibility index (Phi) is 4.47. The third-order valence-corrected chi connectivity index (χ3v) is 5.73. The first-order chi connectivity index (χ1) is 13.8. The lowest BCUT2D eigenvalue weighted by atomic mass is 10.2. The van der Waals surface area contributed by atoms with E-state index in [1.165, 1.54) is 18.9 Å². The highest BCUT2D eigenvalue weighted by Gasteiger charge is 2.24. The number of piperazine rings is 1. The maximum Gasteiger partial charge on any atom is 0.228 e. The summed E-state index contributed by atoms with van der Waals surface area (Å²) in [4.78, 5) is 16.5. The highest BCUT2D eigenvalue weighted by Crippen LogP contribution is 2.29. The van der Waals surface area contributed by atoms with Crippen molar-refractivity contribution >= 4 is 28.4 Å². The van der Waals surface area contributed by atoms with Gasteiger partial charge in [0.25, 0.3) is 0 Å². The van der Waals surface area contributed by atoms with E-state index >= 15 is 0 Å². The van der Waals surface area contributed by atoms with Crippen molar-refractivity contribution < 1.29 is 4.39 Å². The number of aromatic nitrogens is 2. The lowest BCUT2D eigenvalue weighted by Gasteiger charge is -2.36. The average Bonchev–Trinajstić information content (AvgIpc) is 3.28. The van der Waals surface area contributed by atoms with Gasteiger partial charge in [0, 0.05) is 44.7 Å². The molecule has 0 amide bonds. The molecule has 2 aliphatic rings. The summed E-state index contributed by atoms with van der Waals surface area (Å²) < 4.78 is 14.1. The number of nitrogens with zero attached hydrogens (tertiary/aromatic N) is 5. The number of hydrogen-bond acceptors (Lipinski definition) is 5. The van der Waals surface area contributed by atoms with Gasteiger partial charge in [-0.05, 0) is 37.1 Å². The summed E-state index contributed by atoms with van der Waals surface area (Å²) in [5.41, 5.74) is 1.67. The van der Waals surface area contributed by atoms with Crippen LogP contribution in [-0.2, 0) is 0 Å². The van der Waals surface area contributed by atoms with Gasteiger partial charge in [-0.15, -0.1) is 0 Å². The van der Waals surface area contributed by atoms with Gasteiger partial charge in [-0.1, -0.05) is 24.3 Å². The molecule has 0 aliphatic carbocycles. The predicted octanol–water partition coefficient (Wildman–Crippen LogP) is 3.70. The number of halogens is 1. The predicted molar refractivity (Wildman–Crippen MR) is 112 cm³/mol. The van der Waals surface area contributed by atoms with Crippen LogP contribution in [0.3, 0.4) is 0 Å². The Balaban J connectivity index is 1.42. The van der Waals surface area contributed by atoms with Crippen molar-refractivity contribution in [2.24, 2.45) is 0 Å². The first kappa shape index (κ1) is 17.2. The molecule has 3 heterocycles. The molecule has 2 saturated heterocycles. The summed E-state index contributed by atoms with van der Waals surface area (Å²) in [7, 11) is 0. The van der Waals surface area contributed by atoms with Crippen molar-refractivity contribution in [2.75, 3.05) is 54.0 Å². The van der Waals surface area contributed by atoms with Crippen LogP contribution in [0.2, 0.25) is 0 Å². The Labute approximate surface area is 164 Å². The van der Waals surface area contributed by atoms with Gasteiger partial charge in [-0.2, -0.15) is 4.98 Å². The Morgan fingerprint density at radius 1 is 0.679 bits per heavy atom. The molecule has 5 nitrogen and oxygen atoms in total. The fourth-order valence-corrected chi connectivity index (χ4v) is 4.21. The molecule has 0 atom stereocenters. The normalized spacial score (nSPS) is 17.5. The van der Waals surface area contributed by atoms with Gasteiger partial charge in [-0.25, -0.2) is 9.37 Å². The lowest BCUT2D eigenvalue weighted by molar-refractivity contribution is 0.594. The molecule has 28 heavy (non-hydrogen) atoms. The SMILES string of the molecule is Fc1ccccc1N1CCN(c2nc(N3CCCC3)c3ccccc3n2)CC1. The standard InChI is InChI=1S/C22H24FN5/c23-18-8-2-4-10-20(18)26-13-15-28(16-14-26)22-24-19-9-3-1-7-17(19)21(25-22)27-11-5-6-12-27/h1-4,7-10H,5-6,11-16H2. The van der Waals surface area contributed by atoms with Crippen molar-refractivity contribution in [1.29, 1.82) is 0 Å². The molecule has 0 bridgehead atoms. The van der Waals surface area contributed by atoms with Gasteiger partial charge >= 0.3 is 0 Å². The summed E-state index contributed by atoms with van der Waals surface area (Å²) >= 11 is 0. The minimum absolute atomic E-state index is 0.158. The maximum atomic E-state index is 14.1. The van der Waals surface area contributed by atoms with E-state index in [2.05, 4.69) is 32.9 Å². The molecular formula is C22H24FN5. The summed E-state index contributed by atoms with van der Waals surface area (Å²) in [5.74, 6) is 1.68. The van der Waals surface area contributed by atoms with Crippen LogP contribution in [-0.4, -0.2) is 49.2 Å². The molecule has 0 saturated carbocycles. The van der Waals surface area contributed by atoms with Crippen LogP contribution in [0, 0.1) is 5.82 Å². The highest BCUT2D eigenvalue weighted by molar-refractivity contribution is 5.90. The van der Waals surface area contributed by atoms with Crippen molar-refractivity contribution in [3.05, 3.63) is 54.3 Å². The van der Waals surface area contributed by atoms with Crippen molar-refractivity contribution in [3.63, 3.8) is 0 Å².